The SMILES string of the molecule is O=CCCC(c1ncco1)C1CCN(C(=O)COc2ccccc2)CC1. The van der Waals surface area contributed by atoms with E-state index in [2.05, 4.69) is 4.98 Å². The van der Waals surface area contributed by atoms with Gasteiger partial charge in [-0.15, -0.1) is 0 Å². The van der Waals surface area contributed by atoms with Gasteiger partial charge in [0.25, 0.3) is 5.91 Å². The predicted octanol–water partition coefficient (Wildman–Crippen LogP) is 3.05. The third kappa shape index (κ3) is 4.71. The van der Waals surface area contributed by atoms with Crippen molar-refractivity contribution in [1.29, 1.82) is 0 Å². The van der Waals surface area contributed by atoms with E-state index in [4.69, 9.17) is 9.15 Å². The first-order valence-electron chi connectivity index (χ1n) is 9.06. The minimum absolute atomic E-state index is 0.00729. The van der Waals surface area contributed by atoms with Gasteiger partial charge in [0, 0.05) is 25.4 Å². The first kappa shape index (κ1) is 18.2. The van der Waals surface area contributed by atoms with Gasteiger partial charge in [-0.25, -0.2) is 4.98 Å². The van der Waals surface area contributed by atoms with Gasteiger partial charge < -0.3 is 18.8 Å². The summed E-state index contributed by atoms with van der Waals surface area (Å²) in [5.74, 6) is 1.91. The third-order valence-corrected chi connectivity index (χ3v) is 4.93. The molecule has 1 unspecified atom stereocenters. The van der Waals surface area contributed by atoms with Gasteiger partial charge in [0.1, 0.15) is 18.3 Å². The van der Waals surface area contributed by atoms with Crippen molar-refractivity contribution in [1.82, 2.24) is 9.88 Å². The van der Waals surface area contributed by atoms with Crippen molar-refractivity contribution < 1.29 is 18.7 Å². The van der Waals surface area contributed by atoms with Gasteiger partial charge in [0.2, 0.25) is 0 Å². The van der Waals surface area contributed by atoms with Crippen LogP contribution in [0.1, 0.15) is 37.5 Å². The van der Waals surface area contributed by atoms with Crippen LogP contribution in [0.4, 0.5) is 0 Å². The van der Waals surface area contributed by atoms with Gasteiger partial charge in [0.15, 0.2) is 12.5 Å². The Hall–Kier alpha value is -2.63. The number of ether oxygens (including phenoxy) is 1. The van der Waals surface area contributed by atoms with E-state index < -0.39 is 0 Å². The number of carbonyl (C=O) groups excluding carboxylic acids is 2. The lowest BCUT2D eigenvalue weighted by Crippen LogP contribution is -2.42. The molecule has 1 aromatic heterocycles. The minimum atomic E-state index is 0.00729. The fraction of sp³-hybridized carbons (Fsp3) is 0.450. The van der Waals surface area contributed by atoms with Crippen LogP contribution in [0, 0.1) is 5.92 Å². The molecule has 1 fully saturated rings. The maximum atomic E-state index is 12.4. The normalized spacial score (nSPS) is 16.2. The Labute approximate surface area is 153 Å². The molecule has 0 saturated carbocycles. The standard InChI is InChI=1S/C20H24N2O4/c23-13-4-7-18(20-21-10-14-25-20)16-8-11-22(12-9-16)19(24)15-26-17-5-2-1-3-6-17/h1-3,5-6,10,13-14,16,18H,4,7-9,11-12,15H2. The summed E-state index contributed by atoms with van der Waals surface area (Å²) < 4.78 is 11.0. The van der Waals surface area contributed by atoms with E-state index in [1.807, 2.05) is 35.2 Å². The predicted molar refractivity (Wildman–Crippen MR) is 95.8 cm³/mol. The number of rotatable bonds is 8. The number of hydrogen-bond donors (Lipinski definition) is 0. The molecule has 0 aliphatic carbocycles. The highest BCUT2D eigenvalue weighted by Gasteiger charge is 2.31. The summed E-state index contributed by atoms with van der Waals surface area (Å²) in [6.07, 6.45) is 7.14. The van der Waals surface area contributed by atoms with Crippen LogP contribution in [0.2, 0.25) is 0 Å². The first-order chi connectivity index (χ1) is 12.8. The fourth-order valence-corrected chi connectivity index (χ4v) is 3.53. The Morgan fingerprint density at radius 1 is 1.31 bits per heavy atom. The second kappa shape index (κ2) is 9.17. The van der Waals surface area contributed by atoms with Gasteiger partial charge in [-0.1, -0.05) is 18.2 Å². The summed E-state index contributed by atoms with van der Waals surface area (Å²) in [5.41, 5.74) is 0. The number of para-hydroxylation sites is 1. The summed E-state index contributed by atoms with van der Waals surface area (Å²) in [4.78, 5) is 29.3. The number of amides is 1. The van der Waals surface area contributed by atoms with Crippen molar-refractivity contribution >= 4 is 12.2 Å². The summed E-state index contributed by atoms with van der Waals surface area (Å²) in [6.45, 7) is 1.45. The Balaban J connectivity index is 1.50. The molecule has 2 heterocycles. The van der Waals surface area contributed by atoms with Gasteiger partial charge in [-0.2, -0.15) is 0 Å². The number of piperidine rings is 1. The molecular formula is C20H24N2O4. The molecule has 1 aliphatic heterocycles. The lowest BCUT2D eigenvalue weighted by atomic mass is 9.81. The molecule has 1 atom stereocenters. The molecule has 3 rings (SSSR count). The Kier molecular flexibility index (Phi) is 6.41. The highest BCUT2D eigenvalue weighted by atomic mass is 16.5. The van der Waals surface area contributed by atoms with Crippen LogP contribution in [0.3, 0.4) is 0 Å². The van der Waals surface area contributed by atoms with Gasteiger partial charge in [-0.05, 0) is 37.3 Å². The summed E-state index contributed by atoms with van der Waals surface area (Å²) in [7, 11) is 0. The van der Waals surface area contributed by atoms with Crippen LogP contribution >= 0.6 is 0 Å². The summed E-state index contributed by atoms with van der Waals surface area (Å²) in [5, 5.41) is 0. The average Bonchev–Trinajstić information content (AvgIpc) is 3.22. The second-order valence-electron chi connectivity index (χ2n) is 6.54. The van der Waals surface area contributed by atoms with E-state index in [-0.39, 0.29) is 18.4 Å². The molecule has 1 aliphatic rings. The highest BCUT2D eigenvalue weighted by Crippen LogP contribution is 2.35. The number of carbonyl (C=O) groups is 2. The Morgan fingerprint density at radius 3 is 2.73 bits per heavy atom. The van der Waals surface area contributed by atoms with Crippen LogP contribution in [-0.2, 0) is 9.59 Å². The van der Waals surface area contributed by atoms with E-state index in [1.165, 1.54) is 0 Å². The van der Waals surface area contributed by atoms with E-state index in [1.54, 1.807) is 12.5 Å². The van der Waals surface area contributed by atoms with Crippen LogP contribution in [0.15, 0.2) is 47.2 Å². The fourth-order valence-electron chi connectivity index (χ4n) is 3.53. The van der Waals surface area contributed by atoms with Gasteiger partial charge in [-0.3, -0.25) is 4.79 Å². The topological polar surface area (TPSA) is 72.6 Å². The number of benzene rings is 1. The van der Waals surface area contributed by atoms with Crippen molar-refractivity contribution in [2.45, 2.75) is 31.6 Å². The Morgan fingerprint density at radius 2 is 2.08 bits per heavy atom. The highest BCUT2D eigenvalue weighted by molar-refractivity contribution is 5.77. The number of aldehydes is 1. The minimum Gasteiger partial charge on any atom is -0.484 e. The number of nitrogens with zero attached hydrogens (tertiary/aromatic N) is 2. The molecule has 0 N–H and O–H groups in total. The van der Waals surface area contributed by atoms with Gasteiger partial charge in [0.05, 0.1) is 6.20 Å². The van der Waals surface area contributed by atoms with E-state index in [9.17, 15) is 9.59 Å². The van der Waals surface area contributed by atoms with Crippen LogP contribution < -0.4 is 4.74 Å². The summed E-state index contributed by atoms with van der Waals surface area (Å²) >= 11 is 0. The van der Waals surface area contributed by atoms with E-state index >= 15 is 0 Å². The van der Waals surface area contributed by atoms with Crippen molar-refractivity contribution in [3.8, 4) is 5.75 Å². The molecule has 2 aromatic rings. The van der Waals surface area contributed by atoms with Crippen LogP contribution in [-0.4, -0.2) is 41.8 Å². The molecule has 6 nitrogen and oxygen atoms in total. The molecule has 0 bridgehead atoms. The number of likely N-dealkylation sites (tertiary alicyclic amines) is 1. The van der Waals surface area contributed by atoms with Crippen molar-refractivity contribution in [2.75, 3.05) is 19.7 Å². The molecule has 1 amide bonds. The molecule has 26 heavy (non-hydrogen) atoms. The monoisotopic (exact) mass is 356 g/mol. The number of aromatic nitrogens is 1. The molecule has 1 saturated heterocycles. The molecule has 6 heteroatoms. The maximum absolute atomic E-state index is 12.4. The van der Waals surface area contributed by atoms with Crippen LogP contribution in [0.25, 0.3) is 0 Å². The molecule has 138 valence electrons. The molecule has 1 aromatic carbocycles. The van der Waals surface area contributed by atoms with Crippen molar-refractivity contribution in [2.24, 2.45) is 5.92 Å². The zero-order chi connectivity index (χ0) is 18.2. The smallest absolute Gasteiger partial charge is 0.260 e. The van der Waals surface area contributed by atoms with Crippen LogP contribution in [0.5, 0.6) is 5.75 Å². The van der Waals surface area contributed by atoms with Crippen molar-refractivity contribution in [3.63, 3.8) is 0 Å². The quantitative estimate of drug-likeness (QED) is 0.680. The van der Waals surface area contributed by atoms with Crippen molar-refractivity contribution in [3.05, 3.63) is 48.7 Å². The van der Waals surface area contributed by atoms with Gasteiger partial charge >= 0.3 is 0 Å². The largest absolute Gasteiger partial charge is 0.484 e. The zero-order valence-corrected chi connectivity index (χ0v) is 14.8. The summed E-state index contributed by atoms with van der Waals surface area (Å²) in [6, 6.07) is 9.36. The number of hydrogen-bond acceptors (Lipinski definition) is 5. The Bertz CT molecular complexity index is 679. The zero-order valence-electron chi connectivity index (χ0n) is 14.8. The lowest BCUT2D eigenvalue weighted by Gasteiger charge is -2.35. The van der Waals surface area contributed by atoms with E-state index in [0.29, 0.717) is 37.1 Å². The molecule has 0 radical (unpaired) electrons. The second-order valence-corrected chi connectivity index (χ2v) is 6.54. The first-order valence-corrected chi connectivity index (χ1v) is 9.06. The molecular weight excluding hydrogens is 332 g/mol. The number of oxazole rings is 1. The average molecular weight is 356 g/mol. The lowest BCUT2D eigenvalue weighted by molar-refractivity contribution is -0.134. The van der Waals surface area contributed by atoms with E-state index in [0.717, 1.165) is 25.5 Å². The third-order valence-electron chi connectivity index (χ3n) is 4.93. The molecule has 0 spiro atoms. The maximum Gasteiger partial charge on any atom is 0.260 e.